The molecule has 1 N–H and O–H groups in total. The van der Waals surface area contributed by atoms with Crippen molar-refractivity contribution in [2.75, 3.05) is 12.3 Å². The van der Waals surface area contributed by atoms with E-state index in [1.807, 2.05) is 35.2 Å². The van der Waals surface area contributed by atoms with Crippen molar-refractivity contribution in [3.8, 4) is 0 Å². The normalized spacial score (nSPS) is 21.5. The van der Waals surface area contributed by atoms with Crippen molar-refractivity contribution in [3.05, 3.63) is 35.9 Å². The van der Waals surface area contributed by atoms with Crippen molar-refractivity contribution in [1.29, 1.82) is 0 Å². The van der Waals surface area contributed by atoms with Gasteiger partial charge in [0, 0.05) is 18.3 Å². The van der Waals surface area contributed by atoms with E-state index in [-0.39, 0.29) is 17.3 Å². The molecule has 1 heterocycles. The first-order chi connectivity index (χ1) is 9.20. The number of carbonyl (C=O) groups is 1. The minimum Gasteiger partial charge on any atom is -0.392 e. The number of carbonyl (C=O) groups excluding carboxylic acids is 1. The zero-order valence-corrected chi connectivity index (χ0v) is 12.1. The van der Waals surface area contributed by atoms with Crippen LogP contribution in [-0.2, 0) is 11.3 Å². The van der Waals surface area contributed by atoms with Gasteiger partial charge in [0.1, 0.15) is 0 Å². The van der Waals surface area contributed by atoms with E-state index in [9.17, 15) is 9.90 Å². The van der Waals surface area contributed by atoms with E-state index in [0.717, 1.165) is 18.4 Å². The molecule has 1 aliphatic rings. The lowest BCUT2D eigenvalue weighted by Crippen LogP contribution is -2.45. The Morgan fingerprint density at radius 1 is 1.42 bits per heavy atom. The van der Waals surface area contributed by atoms with Gasteiger partial charge in [0.2, 0.25) is 5.91 Å². The first-order valence-corrected chi connectivity index (χ1v) is 7.87. The van der Waals surface area contributed by atoms with Crippen molar-refractivity contribution < 1.29 is 9.90 Å². The van der Waals surface area contributed by atoms with Crippen molar-refractivity contribution in [1.82, 2.24) is 4.90 Å². The number of nitrogens with zero attached hydrogens (tertiary/aromatic N) is 1. The molecule has 0 radical (unpaired) electrons. The van der Waals surface area contributed by atoms with Gasteiger partial charge in [0.15, 0.2) is 0 Å². The summed E-state index contributed by atoms with van der Waals surface area (Å²) >= 11 is 1.59. The van der Waals surface area contributed by atoms with Gasteiger partial charge in [-0.05, 0) is 12.0 Å². The van der Waals surface area contributed by atoms with Crippen LogP contribution in [0, 0.1) is 0 Å². The molecule has 1 amide bonds. The summed E-state index contributed by atoms with van der Waals surface area (Å²) in [6.45, 7) is 3.37. The second-order valence-electron chi connectivity index (χ2n) is 4.97. The summed E-state index contributed by atoms with van der Waals surface area (Å²) in [5, 5.41) is 10.2. The van der Waals surface area contributed by atoms with Gasteiger partial charge < -0.3 is 10.0 Å². The van der Waals surface area contributed by atoms with Crippen LogP contribution < -0.4 is 0 Å². The third-order valence-corrected chi connectivity index (χ3v) is 4.71. The molecule has 0 saturated carbocycles. The molecule has 1 aromatic carbocycles. The second kappa shape index (κ2) is 6.96. The number of aliphatic hydroxyl groups is 1. The quantitative estimate of drug-likeness (QED) is 0.899. The molecule has 1 fully saturated rings. The van der Waals surface area contributed by atoms with Crippen molar-refractivity contribution in [2.24, 2.45) is 0 Å². The van der Waals surface area contributed by atoms with Crippen molar-refractivity contribution in [2.45, 2.75) is 37.7 Å². The molecule has 0 unspecified atom stereocenters. The standard InChI is InChI=1S/C15H21NO2S/c1-2-6-13(17)14-10-16(15(18)11-19-14)9-12-7-4-3-5-8-12/h3-5,7-8,13-14,17H,2,6,9-11H2,1H3/t13-,14-/m1/s1. The molecule has 0 aliphatic carbocycles. The van der Waals surface area contributed by atoms with Crippen LogP contribution in [0.1, 0.15) is 25.3 Å². The van der Waals surface area contributed by atoms with E-state index >= 15 is 0 Å². The number of benzene rings is 1. The number of hydrogen-bond donors (Lipinski definition) is 1. The summed E-state index contributed by atoms with van der Waals surface area (Å²) in [5.41, 5.74) is 1.14. The third kappa shape index (κ3) is 3.98. The Kier molecular flexibility index (Phi) is 5.28. The molecule has 0 spiro atoms. The highest BCUT2D eigenvalue weighted by Gasteiger charge is 2.30. The summed E-state index contributed by atoms with van der Waals surface area (Å²) in [4.78, 5) is 13.8. The Bertz CT molecular complexity index is 410. The fraction of sp³-hybridized carbons (Fsp3) is 0.533. The summed E-state index contributed by atoms with van der Waals surface area (Å²) in [6, 6.07) is 10.0. The Labute approximate surface area is 119 Å². The van der Waals surface area contributed by atoms with E-state index in [2.05, 4.69) is 6.92 Å². The first kappa shape index (κ1) is 14.4. The third-order valence-electron chi connectivity index (χ3n) is 3.40. The summed E-state index contributed by atoms with van der Waals surface area (Å²) in [5.74, 6) is 0.659. The van der Waals surface area contributed by atoms with Gasteiger partial charge >= 0.3 is 0 Å². The molecule has 1 saturated heterocycles. The van der Waals surface area contributed by atoms with E-state index in [4.69, 9.17) is 0 Å². The molecular formula is C15H21NO2S. The highest BCUT2D eigenvalue weighted by molar-refractivity contribution is 8.00. The molecule has 104 valence electrons. The number of thioether (sulfide) groups is 1. The van der Waals surface area contributed by atoms with Crippen LogP contribution in [0.5, 0.6) is 0 Å². The molecule has 1 aliphatic heterocycles. The molecular weight excluding hydrogens is 258 g/mol. The summed E-state index contributed by atoms with van der Waals surface area (Å²) in [6.07, 6.45) is 1.48. The monoisotopic (exact) mass is 279 g/mol. The Morgan fingerprint density at radius 3 is 2.84 bits per heavy atom. The van der Waals surface area contributed by atoms with Crippen LogP contribution in [0.4, 0.5) is 0 Å². The lowest BCUT2D eigenvalue weighted by atomic mass is 10.1. The van der Waals surface area contributed by atoms with Gasteiger partial charge in [-0.2, -0.15) is 0 Å². The second-order valence-corrected chi connectivity index (χ2v) is 6.19. The van der Waals surface area contributed by atoms with Gasteiger partial charge in [0.05, 0.1) is 11.9 Å². The Balaban J connectivity index is 1.97. The molecule has 0 bridgehead atoms. The minimum absolute atomic E-state index is 0.154. The van der Waals surface area contributed by atoms with Gasteiger partial charge in [-0.15, -0.1) is 11.8 Å². The zero-order valence-electron chi connectivity index (χ0n) is 11.3. The SMILES string of the molecule is CCC[C@@H](O)[C@H]1CN(Cc2ccccc2)C(=O)CS1. The topological polar surface area (TPSA) is 40.5 Å². The van der Waals surface area contributed by atoms with E-state index in [1.165, 1.54) is 0 Å². The van der Waals surface area contributed by atoms with Crippen LogP contribution in [0.3, 0.4) is 0 Å². The lowest BCUT2D eigenvalue weighted by Gasteiger charge is -2.34. The molecule has 2 rings (SSSR count). The summed E-state index contributed by atoms with van der Waals surface area (Å²) in [7, 11) is 0. The minimum atomic E-state index is -0.304. The number of amides is 1. The van der Waals surface area contributed by atoms with Crippen molar-refractivity contribution in [3.63, 3.8) is 0 Å². The molecule has 2 atom stereocenters. The largest absolute Gasteiger partial charge is 0.392 e. The lowest BCUT2D eigenvalue weighted by molar-refractivity contribution is -0.129. The van der Waals surface area contributed by atoms with Crippen LogP contribution in [0.25, 0.3) is 0 Å². The Morgan fingerprint density at radius 2 is 2.16 bits per heavy atom. The number of hydrogen-bond acceptors (Lipinski definition) is 3. The predicted octanol–water partition coefficient (Wildman–Crippen LogP) is 2.29. The van der Waals surface area contributed by atoms with E-state index in [1.54, 1.807) is 11.8 Å². The highest BCUT2D eigenvalue weighted by atomic mass is 32.2. The van der Waals surface area contributed by atoms with Crippen molar-refractivity contribution >= 4 is 17.7 Å². The molecule has 1 aromatic rings. The van der Waals surface area contributed by atoms with Gasteiger partial charge in [-0.3, -0.25) is 4.79 Å². The van der Waals surface area contributed by atoms with Crippen LogP contribution in [-0.4, -0.2) is 39.6 Å². The van der Waals surface area contributed by atoms with Gasteiger partial charge in [-0.1, -0.05) is 43.7 Å². The first-order valence-electron chi connectivity index (χ1n) is 6.82. The number of rotatable bonds is 5. The van der Waals surface area contributed by atoms with Crippen LogP contribution >= 0.6 is 11.8 Å². The fourth-order valence-corrected chi connectivity index (χ4v) is 3.50. The highest BCUT2D eigenvalue weighted by Crippen LogP contribution is 2.25. The average Bonchev–Trinajstić information content (AvgIpc) is 2.42. The maximum absolute atomic E-state index is 11.9. The molecule has 19 heavy (non-hydrogen) atoms. The fourth-order valence-electron chi connectivity index (χ4n) is 2.31. The van der Waals surface area contributed by atoms with Crippen LogP contribution in [0.15, 0.2) is 30.3 Å². The zero-order chi connectivity index (χ0) is 13.7. The summed E-state index contributed by atoms with van der Waals surface area (Å²) < 4.78 is 0. The average molecular weight is 279 g/mol. The maximum Gasteiger partial charge on any atom is 0.232 e. The van der Waals surface area contributed by atoms with E-state index in [0.29, 0.717) is 18.8 Å². The molecule has 3 nitrogen and oxygen atoms in total. The number of aliphatic hydroxyl groups excluding tert-OH is 1. The van der Waals surface area contributed by atoms with Crippen LogP contribution in [0.2, 0.25) is 0 Å². The van der Waals surface area contributed by atoms with Gasteiger partial charge in [0.25, 0.3) is 0 Å². The molecule has 0 aromatic heterocycles. The predicted molar refractivity (Wildman–Crippen MR) is 79.0 cm³/mol. The van der Waals surface area contributed by atoms with Gasteiger partial charge in [-0.25, -0.2) is 0 Å². The molecule has 4 heteroatoms. The van der Waals surface area contributed by atoms with E-state index < -0.39 is 0 Å². The maximum atomic E-state index is 11.9. The smallest absolute Gasteiger partial charge is 0.232 e. The Hall–Kier alpha value is -1.000.